The van der Waals surface area contributed by atoms with Crippen LogP contribution in [0.15, 0.2) is 24.3 Å². The third kappa shape index (κ3) is 2.52. The molecule has 110 valence electrons. The second-order valence-corrected chi connectivity index (χ2v) is 6.23. The Hall–Kier alpha value is -1.55. The zero-order chi connectivity index (χ0) is 15.0. The van der Waals surface area contributed by atoms with Crippen LogP contribution >= 0.6 is 0 Å². The van der Waals surface area contributed by atoms with Gasteiger partial charge in [0.1, 0.15) is 11.4 Å². The topological polar surface area (TPSA) is 61.5 Å². The van der Waals surface area contributed by atoms with E-state index in [2.05, 4.69) is 0 Å². The van der Waals surface area contributed by atoms with E-state index < -0.39 is 5.41 Å². The predicted molar refractivity (Wildman–Crippen MR) is 77.7 cm³/mol. The fourth-order valence-electron chi connectivity index (χ4n) is 3.21. The molecular formula is C16H23NO3. The molecule has 0 aliphatic carbocycles. The molecule has 1 aliphatic rings. The number of hydrogen-bond donors (Lipinski definition) is 1. The highest BCUT2D eigenvalue weighted by Crippen LogP contribution is 2.48. The van der Waals surface area contributed by atoms with Gasteiger partial charge in [0, 0.05) is 17.0 Å². The van der Waals surface area contributed by atoms with Crippen molar-refractivity contribution in [2.75, 3.05) is 7.11 Å². The van der Waals surface area contributed by atoms with Crippen molar-refractivity contribution in [3.63, 3.8) is 0 Å². The van der Waals surface area contributed by atoms with E-state index in [4.69, 9.17) is 15.2 Å². The summed E-state index contributed by atoms with van der Waals surface area (Å²) < 4.78 is 10.9. The van der Waals surface area contributed by atoms with Crippen molar-refractivity contribution < 1.29 is 14.3 Å². The Bertz CT molecular complexity index is 510. The third-order valence-corrected chi connectivity index (χ3v) is 4.11. The van der Waals surface area contributed by atoms with Crippen LogP contribution in [0.1, 0.15) is 39.2 Å². The van der Waals surface area contributed by atoms with E-state index in [9.17, 15) is 4.79 Å². The molecule has 2 rings (SSSR count). The fourth-order valence-corrected chi connectivity index (χ4v) is 3.21. The van der Waals surface area contributed by atoms with E-state index >= 15 is 0 Å². The molecule has 4 nitrogen and oxygen atoms in total. The highest BCUT2D eigenvalue weighted by molar-refractivity contribution is 5.72. The maximum Gasteiger partial charge on any atom is 0.306 e. The average Bonchev–Trinajstić information content (AvgIpc) is 2.36. The van der Waals surface area contributed by atoms with Crippen LogP contribution in [0, 0.1) is 0 Å². The molecule has 0 radical (unpaired) electrons. The number of fused-ring (bicyclic) bond motifs is 1. The number of methoxy groups -OCH3 is 1. The predicted octanol–water partition coefficient (Wildman–Crippen LogP) is 2.40. The summed E-state index contributed by atoms with van der Waals surface area (Å²) in [5, 5.41) is 0. The summed E-state index contributed by atoms with van der Waals surface area (Å²) in [6.45, 7) is 6.00. The van der Waals surface area contributed by atoms with Crippen LogP contribution in [0.25, 0.3) is 0 Å². The van der Waals surface area contributed by atoms with Gasteiger partial charge in [-0.25, -0.2) is 0 Å². The molecule has 0 bridgehead atoms. The number of benzene rings is 1. The molecule has 0 fully saturated rings. The molecule has 0 aromatic heterocycles. The Morgan fingerprint density at radius 3 is 2.70 bits per heavy atom. The number of para-hydroxylation sites is 1. The van der Waals surface area contributed by atoms with Gasteiger partial charge in [0.2, 0.25) is 0 Å². The third-order valence-electron chi connectivity index (χ3n) is 4.11. The Kier molecular flexibility index (Phi) is 3.78. The largest absolute Gasteiger partial charge is 0.488 e. The Morgan fingerprint density at radius 1 is 1.45 bits per heavy atom. The van der Waals surface area contributed by atoms with Crippen LogP contribution in [-0.2, 0) is 14.9 Å². The minimum Gasteiger partial charge on any atom is -0.488 e. The number of nitrogens with two attached hydrogens (primary N) is 1. The lowest BCUT2D eigenvalue weighted by atomic mass is 9.65. The van der Waals surface area contributed by atoms with Gasteiger partial charge in [0.05, 0.1) is 13.5 Å². The monoisotopic (exact) mass is 277 g/mol. The van der Waals surface area contributed by atoms with Crippen LogP contribution in [0.5, 0.6) is 5.75 Å². The molecule has 1 aromatic carbocycles. The van der Waals surface area contributed by atoms with Crippen LogP contribution in [0.3, 0.4) is 0 Å². The van der Waals surface area contributed by atoms with E-state index in [0.29, 0.717) is 6.42 Å². The van der Waals surface area contributed by atoms with Gasteiger partial charge in [-0.1, -0.05) is 18.2 Å². The summed E-state index contributed by atoms with van der Waals surface area (Å²) >= 11 is 0. The molecule has 1 heterocycles. The Labute approximate surface area is 120 Å². The summed E-state index contributed by atoms with van der Waals surface area (Å²) in [7, 11) is 1.41. The number of rotatable bonds is 3. The molecule has 1 aromatic rings. The first-order valence-electron chi connectivity index (χ1n) is 6.92. The van der Waals surface area contributed by atoms with E-state index in [-0.39, 0.29) is 24.0 Å². The average molecular weight is 277 g/mol. The second kappa shape index (κ2) is 5.09. The van der Waals surface area contributed by atoms with Gasteiger partial charge < -0.3 is 15.2 Å². The molecule has 0 saturated heterocycles. The first-order chi connectivity index (χ1) is 9.31. The standard InChI is InChI=1S/C16H23NO3/c1-11(17)16(9-14(18)19-4)10-15(2,3)20-13-8-6-5-7-12(13)16/h5-8,11H,9-10,17H2,1-4H3. The zero-order valence-corrected chi connectivity index (χ0v) is 12.6. The molecule has 2 unspecified atom stereocenters. The van der Waals surface area contributed by atoms with Crippen molar-refractivity contribution in [2.45, 2.75) is 50.7 Å². The van der Waals surface area contributed by atoms with Crippen molar-refractivity contribution in [3.8, 4) is 5.75 Å². The van der Waals surface area contributed by atoms with Gasteiger partial charge in [-0.05, 0) is 33.3 Å². The highest BCUT2D eigenvalue weighted by atomic mass is 16.5. The second-order valence-electron chi connectivity index (χ2n) is 6.23. The molecule has 0 amide bonds. The number of esters is 1. The summed E-state index contributed by atoms with van der Waals surface area (Å²) in [5.41, 5.74) is 6.46. The van der Waals surface area contributed by atoms with Gasteiger partial charge >= 0.3 is 5.97 Å². The highest BCUT2D eigenvalue weighted by Gasteiger charge is 2.48. The van der Waals surface area contributed by atoms with E-state index in [0.717, 1.165) is 11.3 Å². The van der Waals surface area contributed by atoms with Crippen LogP contribution < -0.4 is 10.5 Å². The summed E-state index contributed by atoms with van der Waals surface area (Å²) in [6, 6.07) is 7.65. The van der Waals surface area contributed by atoms with Crippen molar-refractivity contribution >= 4 is 5.97 Å². The molecule has 2 atom stereocenters. The lowest BCUT2D eigenvalue weighted by molar-refractivity contribution is -0.143. The minimum atomic E-state index is -0.453. The molecule has 0 spiro atoms. The maximum absolute atomic E-state index is 11.9. The molecular weight excluding hydrogens is 254 g/mol. The quantitative estimate of drug-likeness (QED) is 0.862. The van der Waals surface area contributed by atoms with E-state index in [1.165, 1.54) is 7.11 Å². The Balaban J connectivity index is 2.57. The van der Waals surface area contributed by atoms with Crippen molar-refractivity contribution in [2.24, 2.45) is 5.73 Å². The SMILES string of the molecule is COC(=O)CC1(C(C)N)CC(C)(C)Oc2ccccc21. The van der Waals surface area contributed by atoms with Crippen molar-refractivity contribution in [3.05, 3.63) is 29.8 Å². The smallest absolute Gasteiger partial charge is 0.306 e. The van der Waals surface area contributed by atoms with E-state index in [1.54, 1.807) is 0 Å². The van der Waals surface area contributed by atoms with Gasteiger partial charge in [0.25, 0.3) is 0 Å². The summed E-state index contributed by atoms with van der Waals surface area (Å²) in [5.74, 6) is 0.569. The molecule has 2 N–H and O–H groups in total. The molecule has 4 heteroatoms. The molecule has 1 aliphatic heterocycles. The van der Waals surface area contributed by atoms with Gasteiger partial charge in [0.15, 0.2) is 0 Å². The van der Waals surface area contributed by atoms with Gasteiger partial charge in [-0.3, -0.25) is 4.79 Å². The van der Waals surface area contributed by atoms with Crippen LogP contribution in [0.2, 0.25) is 0 Å². The number of hydrogen-bond acceptors (Lipinski definition) is 4. The lowest BCUT2D eigenvalue weighted by Gasteiger charge is -2.47. The number of carbonyl (C=O) groups excluding carboxylic acids is 1. The Morgan fingerprint density at radius 2 is 2.10 bits per heavy atom. The minimum absolute atomic E-state index is 0.175. The van der Waals surface area contributed by atoms with Gasteiger partial charge in [-0.15, -0.1) is 0 Å². The van der Waals surface area contributed by atoms with E-state index in [1.807, 2.05) is 45.0 Å². The number of ether oxygens (including phenoxy) is 2. The van der Waals surface area contributed by atoms with Crippen molar-refractivity contribution in [1.82, 2.24) is 0 Å². The first-order valence-corrected chi connectivity index (χ1v) is 6.92. The summed E-state index contributed by atoms with van der Waals surface area (Å²) in [4.78, 5) is 11.9. The zero-order valence-electron chi connectivity index (χ0n) is 12.6. The fraction of sp³-hybridized carbons (Fsp3) is 0.562. The summed E-state index contributed by atoms with van der Waals surface area (Å²) in [6.07, 6.45) is 0.953. The lowest BCUT2D eigenvalue weighted by Crippen LogP contribution is -2.53. The molecule has 20 heavy (non-hydrogen) atoms. The maximum atomic E-state index is 11.9. The first kappa shape index (κ1) is 14.9. The van der Waals surface area contributed by atoms with Gasteiger partial charge in [-0.2, -0.15) is 0 Å². The van der Waals surface area contributed by atoms with Crippen LogP contribution in [-0.4, -0.2) is 24.7 Å². The van der Waals surface area contributed by atoms with Crippen molar-refractivity contribution in [1.29, 1.82) is 0 Å². The molecule has 0 saturated carbocycles. The normalized spacial score (nSPS) is 25.2. The number of carbonyl (C=O) groups is 1. The van der Waals surface area contributed by atoms with Crippen LogP contribution in [0.4, 0.5) is 0 Å².